The van der Waals surface area contributed by atoms with Crippen LogP contribution in [-0.4, -0.2) is 15.4 Å². The van der Waals surface area contributed by atoms with Crippen LogP contribution in [0.3, 0.4) is 0 Å². The van der Waals surface area contributed by atoms with E-state index < -0.39 is 0 Å². The van der Waals surface area contributed by atoms with Crippen molar-refractivity contribution in [2.45, 2.75) is 34.6 Å². The van der Waals surface area contributed by atoms with E-state index in [0.717, 1.165) is 0 Å². The van der Waals surface area contributed by atoms with E-state index in [1.54, 1.807) is 30.3 Å². The second-order valence-electron chi connectivity index (χ2n) is 1.12. The van der Waals surface area contributed by atoms with Gasteiger partial charge in [-0.15, -0.1) is 0 Å². The SMILES string of the molecule is CC#N.CC#N.CC#N.CC#N.CC#N.[Al+2][Cl]. The van der Waals surface area contributed by atoms with Crippen molar-refractivity contribution in [2.24, 2.45) is 0 Å². The number of nitriles is 5. The number of nitrogens with zero attached hydrogens (tertiary/aromatic N) is 5. The first-order valence-electron chi connectivity index (χ1n) is 3.84. The van der Waals surface area contributed by atoms with Crippen LogP contribution in [0.5, 0.6) is 0 Å². The van der Waals surface area contributed by atoms with E-state index in [9.17, 15) is 0 Å². The molecule has 0 aliphatic rings. The molecule has 7 heteroatoms. The fourth-order valence-electron chi connectivity index (χ4n) is 0. The van der Waals surface area contributed by atoms with Gasteiger partial charge in [-0.05, 0) is 0 Å². The van der Waals surface area contributed by atoms with Gasteiger partial charge in [-0.25, -0.2) is 0 Å². The van der Waals surface area contributed by atoms with Crippen LogP contribution in [0.2, 0.25) is 0 Å². The van der Waals surface area contributed by atoms with Gasteiger partial charge in [0.25, 0.3) is 0 Å². The minimum atomic E-state index is 1.43. The molecule has 0 saturated carbocycles. The number of rotatable bonds is 0. The molecule has 5 nitrogen and oxygen atoms in total. The summed E-state index contributed by atoms with van der Waals surface area (Å²) in [5.41, 5.74) is 0. The van der Waals surface area contributed by atoms with Crippen LogP contribution in [0.25, 0.3) is 0 Å². The molecule has 0 aromatic carbocycles. The molecule has 0 radical (unpaired) electrons. The van der Waals surface area contributed by atoms with Crippen LogP contribution in [0.15, 0.2) is 0 Å². The summed E-state index contributed by atoms with van der Waals surface area (Å²) >= 11 is 1.89. The molecule has 0 rings (SSSR count). The Morgan fingerprint density at radius 2 is 0.529 bits per heavy atom. The molecule has 0 N–H and O–H groups in total. The molecular weight excluding hydrogens is 253 g/mol. The molecule has 0 atom stereocenters. The van der Waals surface area contributed by atoms with Crippen molar-refractivity contribution in [3.05, 3.63) is 0 Å². The monoisotopic (exact) mass is 267 g/mol. The third-order valence-corrected chi connectivity index (χ3v) is 0. The van der Waals surface area contributed by atoms with Gasteiger partial charge in [-0.1, -0.05) is 0 Å². The van der Waals surface area contributed by atoms with Crippen molar-refractivity contribution in [1.29, 1.82) is 26.3 Å². The van der Waals surface area contributed by atoms with Gasteiger partial charge < -0.3 is 0 Å². The summed E-state index contributed by atoms with van der Waals surface area (Å²) in [5, 5.41) is 36.6. The van der Waals surface area contributed by atoms with Crippen molar-refractivity contribution < 1.29 is 0 Å². The molecule has 17 heavy (non-hydrogen) atoms. The quantitative estimate of drug-likeness (QED) is 0.625. The van der Waals surface area contributed by atoms with Gasteiger partial charge in [0.15, 0.2) is 0 Å². The fourth-order valence-corrected chi connectivity index (χ4v) is 0. The van der Waals surface area contributed by atoms with Gasteiger partial charge in [-0.2, -0.15) is 26.3 Å². The second kappa shape index (κ2) is 235. The summed E-state index contributed by atoms with van der Waals surface area (Å²) in [5.74, 6) is 0. The van der Waals surface area contributed by atoms with Gasteiger partial charge in [0.2, 0.25) is 0 Å². The van der Waals surface area contributed by atoms with E-state index in [0.29, 0.717) is 0 Å². The van der Waals surface area contributed by atoms with Crippen LogP contribution in [0.4, 0.5) is 0 Å². The Morgan fingerprint density at radius 3 is 0.529 bits per heavy atom. The Kier molecular flexibility index (Phi) is 500. The van der Waals surface area contributed by atoms with E-state index in [4.69, 9.17) is 26.3 Å². The summed E-state index contributed by atoms with van der Waals surface area (Å²) in [6.45, 7) is 7.15. The molecule has 0 aliphatic heterocycles. The topological polar surface area (TPSA) is 119 Å². The number of hydrogen-bond acceptors (Lipinski definition) is 5. The van der Waals surface area contributed by atoms with Crippen LogP contribution in [0.1, 0.15) is 34.6 Å². The normalized spacial score (nSPS) is 2.76. The Labute approximate surface area is 117 Å². The molecule has 0 fully saturated rings. The molecular formula is C10H15AlClN5+2. The van der Waals surface area contributed by atoms with Crippen LogP contribution in [0, 0.1) is 56.7 Å². The van der Waals surface area contributed by atoms with Crippen LogP contribution in [-0.2, 0) is 0 Å². The molecule has 0 aromatic rings. The van der Waals surface area contributed by atoms with E-state index >= 15 is 0 Å². The van der Waals surface area contributed by atoms with Crippen LogP contribution < -0.4 is 0 Å². The molecule has 0 aliphatic carbocycles. The summed E-state index contributed by atoms with van der Waals surface area (Å²) in [4.78, 5) is 0. The van der Waals surface area contributed by atoms with Crippen molar-refractivity contribution in [1.82, 2.24) is 0 Å². The van der Waals surface area contributed by atoms with Crippen molar-refractivity contribution in [3.8, 4) is 30.3 Å². The third-order valence-electron chi connectivity index (χ3n) is 0. The average molecular weight is 268 g/mol. The Morgan fingerprint density at radius 1 is 0.529 bits per heavy atom. The standard InChI is InChI=1S/5C2H3N.Al.ClH/c5*1-2-3;;/h5*1H3;;1H/q;;;;;+3;/p-1. The number of halogens is 1. The van der Waals surface area contributed by atoms with Gasteiger partial charge in [-0.3, -0.25) is 0 Å². The third kappa shape index (κ3) is 720. The molecule has 0 saturated heterocycles. The summed E-state index contributed by atoms with van der Waals surface area (Å²) in [6, 6.07) is 8.75. The van der Waals surface area contributed by atoms with Gasteiger partial charge in [0, 0.05) is 34.6 Å². The molecule has 0 heterocycles. The fraction of sp³-hybridized carbons (Fsp3) is 0.500. The zero-order chi connectivity index (χ0) is 15.5. The summed E-state index contributed by atoms with van der Waals surface area (Å²) in [6.07, 6.45) is 0. The molecule has 0 unspecified atom stereocenters. The van der Waals surface area contributed by atoms with Gasteiger partial charge in [0.1, 0.15) is 0 Å². The van der Waals surface area contributed by atoms with E-state index in [1.807, 2.05) is 15.4 Å². The van der Waals surface area contributed by atoms with Crippen molar-refractivity contribution in [2.75, 3.05) is 0 Å². The molecule has 0 aromatic heterocycles. The Bertz CT molecular complexity index is 202. The molecule has 0 bridgehead atoms. The maximum atomic E-state index is 7.32. The predicted octanol–water partition coefficient (Wildman–Crippen LogP) is 2.96. The minimum absolute atomic E-state index is 1.43. The molecule has 88 valence electrons. The van der Waals surface area contributed by atoms with Crippen molar-refractivity contribution in [3.63, 3.8) is 0 Å². The van der Waals surface area contributed by atoms with Gasteiger partial charge in [0.05, 0.1) is 30.3 Å². The summed E-state index contributed by atoms with van der Waals surface area (Å²) < 4.78 is 0. The van der Waals surface area contributed by atoms with Crippen molar-refractivity contribution >= 4 is 25.4 Å². The first-order valence-corrected chi connectivity index (χ1v) is 5.58. The first kappa shape index (κ1) is 36.2. The van der Waals surface area contributed by atoms with Crippen LogP contribution >= 0.6 is 10.0 Å². The predicted molar refractivity (Wildman–Crippen MR) is 68.0 cm³/mol. The van der Waals surface area contributed by atoms with E-state index in [-0.39, 0.29) is 0 Å². The summed E-state index contributed by atoms with van der Waals surface area (Å²) in [7, 11) is 4.56. The Hall–Kier alpha value is -1.73. The van der Waals surface area contributed by atoms with E-state index in [1.165, 1.54) is 34.6 Å². The molecule has 0 amide bonds. The first-order chi connectivity index (χ1) is 8.07. The zero-order valence-electron chi connectivity index (χ0n) is 10.7. The maximum absolute atomic E-state index is 7.32. The number of hydrogen-bond donors (Lipinski definition) is 0. The Balaban J connectivity index is -0.0000000215. The average Bonchev–Trinajstić information content (AvgIpc) is 2.25. The van der Waals surface area contributed by atoms with Gasteiger partial charge >= 0.3 is 25.4 Å². The van der Waals surface area contributed by atoms with E-state index in [2.05, 4.69) is 10.0 Å². The second-order valence-corrected chi connectivity index (χ2v) is 1.12. The zero-order valence-corrected chi connectivity index (χ0v) is 12.6. The molecule has 0 spiro atoms.